The molecular weight excluding hydrogens is 408 g/mol. The number of carbonyl (C=O) groups excluding carboxylic acids is 2. The Hall–Kier alpha value is -3.11. The van der Waals surface area contributed by atoms with Crippen molar-refractivity contribution in [2.45, 2.75) is 38.9 Å². The van der Waals surface area contributed by atoms with Gasteiger partial charge in [0.05, 0.1) is 0 Å². The van der Waals surface area contributed by atoms with Crippen LogP contribution < -0.4 is 5.32 Å². The second-order valence-corrected chi connectivity index (χ2v) is 7.89. The second-order valence-electron chi connectivity index (χ2n) is 7.48. The smallest absolute Gasteiger partial charge is 0.242 e. The third-order valence-corrected chi connectivity index (χ3v) is 5.61. The third kappa shape index (κ3) is 6.69. The molecule has 31 heavy (non-hydrogen) atoms. The normalized spacial score (nSPS) is 11.5. The van der Waals surface area contributed by atoms with Gasteiger partial charge in [-0.25, -0.2) is 0 Å². The van der Waals surface area contributed by atoms with Crippen LogP contribution in [-0.4, -0.2) is 22.8 Å². The molecule has 3 aromatic rings. The first-order valence-electron chi connectivity index (χ1n) is 10.4. The summed E-state index contributed by atoms with van der Waals surface area (Å²) in [6, 6.07) is 26.4. The van der Waals surface area contributed by atoms with Gasteiger partial charge in [0, 0.05) is 24.5 Å². The van der Waals surface area contributed by atoms with Gasteiger partial charge in [0.2, 0.25) is 11.8 Å². The molecule has 0 saturated carbocycles. The van der Waals surface area contributed by atoms with Crippen molar-refractivity contribution in [3.63, 3.8) is 0 Å². The molecule has 0 saturated heterocycles. The minimum absolute atomic E-state index is 0.0481. The van der Waals surface area contributed by atoms with Gasteiger partial charge in [-0.1, -0.05) is 90.5 Å². The van der Waals surface area contributed by atoms with Crippen LogP contribution in [0.1, 0.15) is 30.0 Å². The molecule has 0 aliphatic rings. The van der Waals surface area contributed by atoms with Crippen molar-refractivity contribution in [3.8, 4) is 0 Å². The zero-order valence-electron chi connectivity index (χ0n) is 17.6. The summed E-state index contributed by atoms with van der Waals surface area (Å²) in [7, 11) is 0. The van der Waals surface area contributed by atoms with E-state index in [2.05, 4.69) is 5.32 Å². The van der Waals surface area contributed by atoms with E-state index in [0.29, 0.717) is 31.0 Å². The van der Waals surface area contributed by atoms with Gasteiger partial charge in [0.15, 0.2) is 0 Å². The monoisotopic (exact) mass is 434 g/mol. The van der Waals surface area contributed by atoms with Crippen LogP contribution in [0.3, 0.4) is 0 Å². The lowest BCUT2D eigenvalue weighted by molar-refractivity contribution is -0.140. The molecule has 3 rings (SSSR count). The third-order valence-electron chi connectivity index (χ3n) is 5.24. The van der Waals surface area contributed by atoms with Crippen LogP contribution in [-0.2, 0) is 29.1 Å². The number of nitrogens with one attached hydrogen (secondary N) is 1. The zero-order valence-corrected chi connectivity index (χ0v) is 18.4. The van der Waals surface area contributed by atoms with Crippen molar-refractivity contribution >= 4 is 23.4 Å². The van der Waals surface area contributed by atoms with Gasteiger partial charge in [-0.15, -0.1) is 0 Å². The highest BCUT2D eigenvalue weighted by atomic mass is 35.5. The Balaban J connectivity index is 1.68. The molecule has 2 amide bonds. The van der Waals surface area contributed by atoms with E-state index in [1.165, 1.54) is 0 Å². The van der Waals surface area contributed by atoms with Crippen LogP contribution in [0.5, 0.6) is 0 Å². The Morgan fingerprint density at radius 3 is 2.10 bits per heavy atom. The Bertz CT molecular complexity index is 993. The maximum absolute atomic E-state index is 13.1. The summed E-state index contributed by atoms with van der Waals surface area (Å²) in [4.78, 5) is 27.7. The first-order chi connectivity index (χ1) is 15.0. The van der Waals surface area contributed by atoms with E-state index >= 15 is 0 Å². The molecule has 160 valence electrons. The van der Waals surface area contributed by atoms with Crippen LogP contribution in [0.2, 0.25) is 5.02 Å². The number of nitrogens with zero attached hydrogens (tertiary/aromatic N) is 1. The molecule has 0 aromatic heterocycles. The molecule has 0 aliphatic heterocycles. The van der Waals surface area contributed by atoms with Crippen molar-refractivity contribution in [1.29, 1.82) is 0 Å². The number of aryl methyl sites for hydroxylation is 1. The average Bonchev–Trinajstić information content (AvgIpc) is 2.81. The van der Waals surface area contributed by atoms with Crippen molar-refractivity contribution in [3.05, 3.63) is 107 Å². The maximum Gasteiger partial charge on any atom is 0.242 e. The quantitative estimate of drug-likeness (QED) is 0.514. The summed E-state index contributed by atoms with van der Waals surface area (Å²) in [5.74, 6) is -0.253. The molecular formula is C26H27ClN2O2. The molecule has 0 aliphatic carbocycles. The Morgan fingerprint density at radius 2 is 1.45 bits per heavy atom. The highest BCUT2D eigenvalue weighted by molar-refractivity contribution is 6.31. The number of amides is 2. The number of rotatable bonds is 9. The summed E-state index contributed by atoms with van der Waals surface area (Å²) < 4.78 is 0. The first-order valence-corrected chi connectivity index (χ1v) is 10.8. The lowest BCUT2D eigenvalue weighted by atomic mass is 10.1. The van der Waals surface area contributed by atoms with Crippen LogP contribution in [0.25, 0.3) is 0 Å². The van der Waals surface area contributed by atoms with E-state index < -0.39 is 6.04 Å². The Labute approximate surface area is 188 Å². The minimum atomic E-state index is -0.606. The zero-order chi connectivity index (χ0) is 22.1. The molecule has 1 atom stereocenters. The van der Waals surface area contributed by atoms with Gasteiger partial charge in [-0.3, -0.25) is 9.59 Å². The van der Waals surface area contributed by atoms with Crippen molar-refractivity contribution in [1.82, 2.24) is 10.2 Å². The molecule has 0 unspecified atom stereocenters. The SMILES string of the molecule is C[C@H](C(=O)NCc1ccccc1Cl)N(Cc1ccccc1)C(=O)CCc1ccccc1. The Kier molecular flexibility index (Phi) is 8.25. The van der Waals surface area contributed by atoms with Gasteiger partial charge in [0.25, 0.3) is 0 Å². The Morgan fingerprint density at radius 1 is 0.871 bits per heavy atom. The highest BCUT2D eigenvalue weighted by Gasteiger charge is 2.25. The predicted octanol–water partition coefficient (Wildman–Crippen LogP) is 5.01. The fourth-order valence-electron chi connectivity index (χ4n) is 3.37. The van der Waals surface area contributed by atoms with E-state index in [0.717, 1.165) is 16.7 Å². The van der Waals surface area contributed by atoms with E-state index in [1.807, 2.05) is 78.9 Å². The summed E-state index contributed by atoms with van der Waals surface area (Å²) in [5, 5.41) is 3.52. The van der Waals surface area contributed by atoms with E-state index in [1.54, 1.807) is 17.9 Å². The molecule has 0 heterocycles. The average molecular weight is 435 g/mol. The number of hydrogen-bond donors (Lipinski definition) is 1. The van der Waals surface area contributed by atoms with Crippen LogP contribution in [0, 0.1) is 0 Å². The summed E-state index contributed by atoms with van der Waals surface area (Å²) in [5.41, 5.74) is 2.93. The number of benzene rings is 3. The van der Waals surface area contributed by atoms with Gasteiger partial charge in [-0.2, -0.15) is 0 Å². The molecule has 0 bridgehead atoms. The molecule has 0 fully saturated rings. The van der Waals surface area contributed by atoms with Gasteiger partial charge in [0.1, 0.15) is 6.04 Å². The second kappa shape index (κ2) is 11.3. The number of halogens is 1. The lowest BCUT2D eigenvalue weighted by Gasteiger charge is -2.29. The van der Waals surface area contributed by atoms with E-state index in [9.17, 15) is 9.59 Å². The van der Waals surface area contributed by atoms with E-state index in [-0.39, 0.29) is 11.8 Å². The van der Waals surface area contributed by atoms with Gasteiger partial charge >= 0.3 is 0 Å². The summed E-state index contributed by atoms with van der Waals surface area (Å²) in [6.45, 7) is 2.47. The topological polar surface area (TPSA) is 49.4 Å². The lowest BCUT2D eigenvalue weighted by Crippen LogP contribution is -2.47. The minimum Gasteiger partial charge on any atom is -0.350 e. The van der Waals surface area contributed by atoms with Crippen molar-refractivity contribution in [2.24, 2.45) is 0 Å². The molecule has 4 nitrogen and oxygen atoms in total. The van der Waals surface area contributed by atoms with Gasteiger partial charge < -0.3 is 10.2 Å². The summed E-state index contributed by atoms with van der Waals surface area (Å²) >= 11 is 6.19. The number of hydrogen-bond acceptors (Lipinski definition) is 2. The standard InChI is InChI=1S/C26H27ClN2O2/c1-20(26(31)28-18-23-14-8-9-15-24(23)27)29(19-22-12-6-3-7-13-22)25(30)17-16-21-10-4-2-5-11-21/h2-15,20H,16-19H2,1H3,(H,28,31)/t20-/m1/s1. The number of carbonyl (C=O) groups is 2. The fraction of sp³-hybridized carbons (Fsp3) is 0.231. The van der Waals surface area contributed by atoms with Crippen LogP contribution in [0.15, 0.2) is 84.9 Å². The van der Waals surface area contributed by atoms with Crippen LogP contribution in [0.4, 0.5) is 0 Å². The molecule has 1 N–H and O–H groups in total. The fourth-order valence-corrected chi connectivity index (χ4v) is 3.58. The summed E-state index contributed by atoms with van der Waals surface area (Å²) in [6.07, 6.45) is 0.984. The van der Waals surface area contributed by atoms with Crippen molar-refractivity contribution in [2.75, 3.05) is 0 Å². The highest BCUT2D eigenvalue weighted by Crippen LogP contribution is 2.16. The molecule has 3 aromatic carbocycles. The molecule has 0 spiro atoms. The van der Waals surface area contributed by atoms with Crippen LogP contribution >= 0.6 is 11.6 Å². The predicted molar refractivity (Wildman–Crippen MR) is 125 cm³/mol. The van der Waals surface area contributed by atoms with Crippen molar-refractivity contribution < 1.29 is 9.59 Å². The van der Waals surface area contributed by atoms with E-state index in [4.69, 9.17) is 11.6 Å². The maximum atomic E-state index is 13.1. The largest absolute Gasteiger partial charge is 0.350 e. The molecule has 5 heteroatoms. The first kappa shape index (κ1) is 22.6. The molecule has 0 radical (unpaired) electrons. The van der Waals surface area contributed by atoms with Gasteiger partial charge in [-0.05, 0) is 36.1 Å².